The Hall–Kier alpha value is -2.16. The molecular formula is C16H16N2O. The third-order valence-corrected chi connectivity index (χ3v) is 3.33. The van der Waals surface area contributed by atoms with Crippen molar-refractivity contribution in [1.29, 1.82) is 0 Å². The van der Waals surface area contributed by atoms with Crippen LogP contribution < -0.4 is 0 Å². The second-order valence-electron chi connectivity index (χ2n) is 4.85. The van der Waals surface area contributed by atoms with Crippen LogP contribution in [0, 0.1) is 0 Å². The zero-order valence-corrected chi connectivity index (χ0v) is 10.7. The summed E-state index contributed by atoms with van der Waals surface area (Å²) in [5, 5.41) is 0. The van der Waals surface area contributed by atoms with Crippen molar-refractivity contribution in [2.45, 2.75) is 25.4 Å². The van der Waals surface area contributed by atoms with Crippen LogP contribution in [0.2, 0.25) is 0 Å². The summed E-state index contributed by atoms with van der Waals surface area (Å²) in [7, 11) is 0. The molecule has 1 fully saturated rings. The van der Waals surface area contributed by atoms with E-state index in [1.165, 1.54) is 0 Å². The van der Waals surface area contributed by atoms with Gasteiger partial charge in [0.05, 0.1) is 12.2 Å². The Labute approximate surface area is 112 Å². The van der Waals surface area contributed by atoms with Crippen LogP contribution >= 0.6 is 0 Å². The van der Waals surface area contributed by atoms with E-state index < -0.39 is 0 Å². The summed E-state index contributed by atoms with van der Waals surface area (Å²) in [5.41, 5.74) is 1.70. The minimum Gasteiger partial charge on any atom is -0.330 e. The van der Waals surface area contributed by atoms with Crippen LogP contribution in [0.4, 0.5) is 0 Å². The topological polar surface area (TPSA) is 33.2 Å². The number of carbonyl (C=O) groups excluding carboxylic acids is 1. The molecule has 3 heteroatoms. The van der Waals surface area contributed by atoms with Crippen LogP contribution in [0.1, 0.15) is 28.9 Å². The van der Waals surface area contributed by atoms with Crippen LogP contribution in [0.15, 0.2) is 54.7 Å². The molecule has 1 saturated carbocycles. The van der Waals surface area contributed by atoms with E-state index in [0.29, 0.717) is 12.6 Å². The lowest BCUT2D eigenvalue weighted by atomic mass is 10.2. The van der Waals surface area contributed by atoms with Gasteiger partial charge < -0.3 is 4.90 Å². The van der Waals surface area contributed by atoms with Gasteiger partial charge in [0.2, 0.25) is 0 Å². The minimum atomic E-state index is 0.105. The summed E-state index contributed by atoms with van der Waals surface area (Å²) < 4.78 is 0. The zero-order chi connectivity index (χ0) is 13.1. The highest BCUT2D eigenvalue weighted by Crippen LogP contribution is 2.29. The van der Waals surface area contributed by atoms with Gasteiger partial charge in [-0.25, -0.2) is 0 Å². The highest BCUT2D eigenvalue weighted by molar-refractivity contribution is 5.94. The number of aromatic nitrogens is 1. The Morgan fingerprint density at radius 2 is 1.84 bits per heavy atom. The second kappa shape index (κ2) is 5.22. The predicted octanol–water partition coefficient (Wildman–Crippen LogP) is 2.89. The average Bonchev–Trinajstić information content (AvgIpc) is 3.31. The van der Waals surface area contributed by atoms with Gasteiger partial charge in [0.1, 0.15) is 0 Å². The molecule has 0 aliphatic heterocycles. The summed E-state index contributed by atoms with van der Waals surface area (Å²) >= 11 is 0. The maximum Gasteiger partial charge on any atom is 0.254 e. The van der Waals surface area contributed by atoms with Crippen molar-refractivity contribution in [2.75, 3.05) is 0 Å². The number of benzene rings is 1. The van der Waals surface area contributed by atoms with Crippen LogP contribution in [-0.2, 0) is 6.54 Å². The molecule has 0 radical (unpaired) electrons. The number of hydrogen-bond acceptors (Lipinski definition) is 2. The summed E-state index contributed by atoms with van der Waals surface area (Å²) in [5.74, 6) is 0.105. The number of pyridine rings is 1. The molecule has 0 bridgehead atoms. The van der Waals surface area contributed by atoms with E-state index >= 15 is 0 Å². The SMILES string of the molecule is O=C(c1ccccc1)N(Cc1ccccn1)C1CC1. The van der Waals surface area contributed by atoms with E-state index in [1.54, 1.807) is 6.20 Å². The zero-order valence-electron chi connectivity index (χ0n) is 10.7. The fraction of sp³-hybridized carbons (Fsp3) is 0.250. The molecule has 1 aromatic carbocycles. The van der Waals surface area contributed by atoms with E-state index in [9.17, 15) is 4.79 Å². The molecule has 0 spiro atoms. The van der Waals surface area contributed by atoms with Crippen LogP contribution in [0.5, 0.6) is 0 Å². The summed E-state index contributed by atoms with van der Waals surface area (Å²) in [6, 6.07) is 15.7. The van der Waals surface area contributed by atoms with Gasteiger partial charge in [-0.2, -0.15) is 0 Å². The molecule has 0 saturated heterocycles. The van der Waals surface area contributed by atoms with Crippen molar-refractivity contribution in [3.8, 4) is 0 Å². The summed E-state index contributed by atoms with van der Waals surface area (Å²) in [6.07, 6.45) is 3.98. The van der Waals surface area contributed by atoms with Gasteiger partial charge in [-0.05, 0) is 37.1 Å². The van der Waals surface area contributed by atoms with Gasteiger partial charge in [0.25, 0.3) is 5.91 Å². The fourth-order valence-corrected chi connectivity index (χ4v) is 2.17. The predicted molar refractivity (Wildman–Crippen MR) is 73.6 cm³/mol. The standard InChI is InChI=1S/C16H16N2O/c19-16(13-6-2-1-3-7-13)18(15-9-10-15)12-14-8-4-5-11-17-14/h1-8,11,15H,9-10,12H2. The first kappa shape index (κ1) is 11.9. The van der Waals surface area contributed by atoms with E-state index in [2.05, 4.69) is 4.98 Å². The molecule has 0 N–H and O–H groups in total. The smallest absolute Gasteiger partial charge is 0.254 e. The van der Waals surface area contributed by atoms with Gasteiger partial charge in [-0.15, -0.1) is 0 Å². The molecule has 96 valence electrons. The monoisotopic (exact) mass is 252 g/mol. The number of nitrogens with zero attached hydrogens (tertiary/aromatic N) is 2. The van der Waals surface area contributed by atoms with Crippen molar-refractivity contribution >= 4 is 5.91 Å². The molecule has 1 aliphatic carbocycles. The Kier molecular flexibility index (Phi) is 3.27. The molecular weight excluding hydrogens is 236 g/mol. The van der Waals surface area contributed by atoms with Gasteiger partial charge >= 0.3 is 0 Å². The van der Waals surface area contributed by atoms with E-state index in [-0.39, 0.29) is 5.91 Å². The summed E-state index contributed by atoms with van der Waals surface area (Å²) in [4.78, 5) is 18.8. The van der Waals surface area contributed by atoms with E-state index in [4.69, 9.17) is 0 Å². The first-order valence-corrected chi connectivity index (χ1v) is 6.60. The molecule has 1 aliphatic rings. The number of hydrogen-bond donors (Lipinski definition) is 0. The van der Waals surface area contributed by atoms with Crippen molar-refractivity contribution in [3.63, 3.8) is 0 Å². The largest absolute Gasteiger partial charge is 0.330 e. The Balaban J connectivity index is 1.80. The van der Waals surface area contributed by atoms with Crippen molar-refractivity contribution in [2.24, 2.45) is 0 Å². The lowest BCUT2D eigenvalue weighted by molar-refractivity contribution is 0.0728. The highest BCUT2D eigenvalue weighted by Gasteiger charge is 2.33. The molecule has 19 heavy (non-hydrogen) atoms. The lowest BCUT2D eigenvalue weighted by Crippen LogP contribution is -2.32. The Morgan fingerprint density at radius 3 is 2.47 bits per heavy atom. The molecule has 3 rings (SSSR count). The van der Waals surface area contributed by atoms with Gasteiger partial charge in [-0.3, -0.25) is 9.78 Å². The van der Waals surface area contributed by atoms with Gasteiger partial charge in [0.15, 0.2) is 0 Å². The summed E-state index contributed by atoms with van der Waals surface area (Å²) in [6.45, 7) is 0.596. The van der Waals surface area contributed by atoms with Crippen molar-refractivity contribution in [3.05, 3.63) is 66.0 Å². The van der Waals surface area contributed by atoms with Crippen LogP contribution in [0.25, 0.3) is 0 Å². The van der Waals surface area contributed by atoms with Gasteiger partial charge in [-0.1, -0.05) is 24.3 Å². The maximum absolute atomic E-state index is 12.5. The molecule has 2 aromatic rings. The molecule has 1 amide bonds. The molecule has 0 atom stereocenters. The fourth-order valence-electron chi connectivity index (χ4n) is 2.17. The second-order valence-corrected chi connectivity index (χ2v) is 4.85. The number of carbonyl (C=O) groups is 1. The lowest BCUT2D eigenvalue weighted by Gasteiger charge is -2.22. The molecule has 3 nitrogen and oxygen atoms in total. The first-order valence-electron chi connectivity index (χ1n) is 6.60. The number of amides is 1. The van der Waals surface area contributed by atoms with Crippen molar-refractivity contribution < 1.29 is 4.79 Å². The van der Waals surface area contributed by atoms with E-state index in [0.717, 1.165) is 24.1 Å². The minimum absolute atomic E-state index is 0.105. The average molecular weight is 252 g/mol. The third-order valence-electron chi connectivity index (χ3n) is 3.33. The normalized spacial score (nSPS) is 14.1. The van der Waals surface area contributed by atoms with Crippen LogP contribution in [-0.4, -0.2) is 21.8 Å². The molecule has 1 heterocycles. The maximum atomic E-state index is 12.5. The third kappa shape index (κ3) is 2.81. The Morgan fingerprint density at radius 1 is 1.11 bits per heavy atom. The van der Waals surface area contributed by atoms with Crippen LogP contribution in [0.3, 0.4) is 0 Å². The quantitative estimate of drug-likeness (QED) is 0.838. The highest BCUT2D eigenvalue weighted by atomic mass is 16.2. The molecule has 1 aromatic heterocycles. The van der Waals surface area contributed by atoms with Crippen molar-refractivity contribution in [1.82, 2.24) is 9.88 Å². The number of rotatable bonds is 4. The van der Waals surface area contributed by atoms with E-state index in [1.807, 2.05) is 53.4 Å². The molecule has 0 unspecified atom stereocenters. The van der Waals surface area contributed by atoms with Gasteiger partial charge in [0, 0.05) is 17.8 Å². The Bertz CT molecular complexity index is 549. The first-order chi connectivity index (χ1) is 9.34.